The van der Waals surface area contributed by atoms with Crippen molar-refractivity contribution in [1.82, 2.24) is 10.3 Å². The van der Waals surface area contributed by atoms with Crippen LogP contribution < -0.4 is 15.4 Å². The number of esters is 1. The van der Waals surface area contributed by atoms with Crippen LogP contribution in [-0.4, -0.2) is 30.2 Å². The Kier molecular flexibility index (Phi) is 6.96. The van der Waals surface area contributed by atoms with Crippen molar-refractivity contribution in [1.29, 1.82) is 0 Å². The topological polar surface area (TPSA) is 72.5 Å². The number of fused-ring (bicyclic) bond motifs is 1. The molecule has 12 heteroatoms. The number of aromatic nitrogens is 1. The summed E-state index contributed by atoms with van der Waals surface area (Å²) in [7, 11) is 0. The maximum Gasteiger partial charge on any atom is 0.573 e. The van der Waals surface area contributed by atoms with Crippen LogP contribution in [0.2, 0.25) is 0 Å². The fraction of sp³-hybridized carbons (Fsp3) is 0.238. The van der Waals surface area contributed by atoms with E-state index in [2.05, 4.69) is 15.0 Å². The second-order valence-electron chi connectivity index (χ2n) is 6.63. The number of alkyl halides is 6. The third-order valence-corrected chi connectivity index (χ3v) is 4.32. The molecule has 1 heterocycles. The average molecular weight is 473 g/mol. The zero-order chi connectivity index (χ0) is 24.2. The van der Waals surface area contributed by atoms with Crippen LogP contribution in [0.3, 0.4) is 0 Å². The molecule has 0 unspecified atom stereocenters. The van der Waals surface area contributed by atoms with Gasteiger partial charge in [-0.1, -0.05) is 18.2 Å². The molecule has 0 spiro atoms. The van der Waals surface area contributed by atoms with Gasteiger partial charge in [-0.3, -0.25) is 4.98 Å². The monoisotopic (exact) mass is 473 g/mol. The number of hydrogen-bond donors (Lipinski definition) is 2. The number of carbonyl (C=O) groups is 1. The maximum atomic E-state index is 12.7. The number of halogens is 6. The molecular weight excluding hydrogens is 456 g/mol. The summed E-state index contributed by atoms with van der Waals surface area (Å²) in [6, 6.07) is 9.29. The van der Waals surface area contributed by atoms with Gasteiger partial charge in [0.2, 0.25) is 0 Å². The molecule has 0 amide bonds. The van der Waals surface area contributed by atoms with E-state index in [1.165, 1.54) is 35.8 Å². The molecular formula is C21H17F6N3O3. The molecule has 0 saturated heterocycles. The smallest absolute Gasteiger partial charge is 0.462 e. The van der Waals surface area contributed by atoms with E-state index in [1.54, 1.807) is 13.0 Å². The molecule has 2 N–H and O–H groups in total. The van der Waals surface area contributed by atoms with Crippen LogP contribution in [0.4, 0.5) is 37.7 Å². The zero-order valence-corrected chi connectivity index (χ0v) is 17.0. The molecule has 3 aromatic rings. The van der Waals surface area contributed by atoms with Gasteiger partial charge in [0.05, 0.1) is 17.8 Å². The number of carbonyl (C=O) groups excluding carboxylic acids is 1. The van der Waals surface area contributed by atoms with Crippen LogP contribution in [0.15, 0.2) is 48.7 Å². The summed E-state index contributed by atoms with van der Waals surface area (Å²) in [5.41, 5.74) is 0.482. The second-order valence-corrected chi connectivity index (χ2v) is 6.63. The van der Waals surface area contributed by atoms with E-state index in [1.807, 2.05) is 0 Å². The Labute approximate surface area is 183 Å². The quantitative estimate of drug-likeness (QED) is 0.262. The molecule has 0 aliphatic rings. The van der Waals surface area contributed by atoms with Gasteiger partial charge >= 0.3 is 18.6 Å². The Morgan fingerprint density at radius 3 is 2.45 bits per heavy atom. The fourth-order valence-corrected chi connectivity index (χ4v) is 2.99. The van der Waals surface area contributed by atoms with E-state index in [0.29, 0.717) is 0 Å². The summed E-state index contributed by atoms with van der Waals surface area (Å²) in [5, 5.41) is 4.34. The molecule has 0 aliphatic heterocycles. The molecule has 0 atom stereocenters. The van der Waals surface area contributed by atoms with Crippen molar-refractivity contribution in [3.63, 3.8) is 0 Å². The number of para-hydroxylation sites is 1. The number of anilines is 2. The molecule has 0 aliphatic carbocycles. The lowest BCUT2D eigenvalue weighted by Crippen LogP contribution is -2.31. The van der Waals surface area contributed by atoms with Gasteiger partial charge in [-0.05, 0) is 36.8 Å². The molecule has 1 aromatic heterocycles. The molecule has 2 aromatic carbocycles. The predicted molar refractivity (Wildman–Crippen MR) is 107 cm³/mol. The SMILES string of the molecule is CCOC(=O)c1cnc2ccc(OC(F)(F)F)cc2c1Nc1ccccc1CNC(F)(F)F. The highest BCUT2D eigenvalue weighted by Crippen LogP contribution is 2.34. The lowest BCUT2D eigenvalue weighted by Gasteiger charge is -2.18. The molecule has 0 fully saturated rings. The summed E-state index contributed by atoms with van der Waals surface area (Å²) in [6.45, 7) is 0.985. The van der Waals surface area contributed by atoms with Crippen LogP contribution >= 0.6 is 0 Å². The normalized spacial score (nSPS) is 12.0. The Bertz CT molecular complexity index is 1150. The third kappa shape index (κ3) is 6.48. The molecule has 33 heavy (non-hydrogen) atoms. The number of hydrogen-bond acceptors (Lipinski definition) is 6. The van der Waals surface area contributed by atoms with E-state index < -0.39 is 30.9 Å². The van der Waals surface area contributed by atoms with Crippen molar-refractivity contribution in [2.24, 2.45) is 0 Å². The van der Waals surface area contributed by atoms with Crippen molar-refractivity contribution >= 4 is 28.2 Å². The van der Waals surface area contributed by atoms with Crippen LogP contribution in [-0.2, 0) is 11.3 Å². The molecule has 0 bridgehead atoms. The van der Waals surface area contributed by atoms with Gasteiger partial charge < -0.3 is 14.8 Å². The highest BCUT2D eigenvalue weighted by atomic mass is 19.4. The van der Waals surface area contributed by atoms with E-state index in [4.69, 9.17) is 4.74 Å². The van der Waals surface area contributed by atoms with Crippen molar-refractivity contribution < 1.29 is 40.6 Å². The summed E-state index contributed by atoms with van der Waals surface area (Å²) < 4.78 is 85.0. The van der Waals surface area contributed by atoms with Gasteiger partial charge in [0, 0.05) is 23.8 Å². The zero-order valence-electron chi connectivity index (χ0n) is 17.0. The molecule has 0 saturated carbocycles. The maximum absolute atomic E-state index is 12.7. The predicted octanol–water partition coefficient (Wildman–Crippen LogP) is 5.66. The minimum atomic E-state index is -4.96. The first-order valence-corrected chi connectivity index (χ1v) is 9.49. The first-order valence-electron chi connectivity index (χ1n) is 9.49. The Morgan fingerprint density at radius 2 is 1.79 bits per heavy atom. The van der Waals surface area contributed by atoms with Gasteiger partial charge in [-0.25, -0.2) is 10.1 Å². The van der Waals surface area contributed by atoms with Crippen molar-refractivity contribution in [3.05, 3.63) is 59.8 Å². The van der Waals surface area contributed by atoms with E-state index in [0.717, 1.165) is 12.1 Å². The van der Waals surface area contributed by atoms with Crippen molar-refractivity contribution in [2.75, 3.05) is 11.9 Å². The van der Waals surface area contributed by atoms with Crippen LogP contribution in [0, 0.1) is 0 Å². The summed E-state index contributed by atoms with van der Waals surface area (Å²) >= 11 is 0. The fourth-order valence-electron chi connectivity index (χ4n) is 2.99. The van der Waals surface area contributed by atoms with E-state index in [9.17, 15) is 31.1 Å². The molecule has 176 valence electrons. The Morgan fingerprint density at radius 1 is 1.06 bits per heavy atom. The average Bonchev–Trinajstić information content (AvgIpc) is 2.72. The molecule has 0 radical (unpaired) electrons. The highest BCUT2D eigenvalue weighted by Gasteiger charge is 2.31. The second kappa shape index (κ2) is 9.53. The van der Waals surface area contributed by atoms with Crippen LogP contribution in [0.1, 0.15) is 22.8 Å². The number of benzene rings is 2. The van der Waals surface area contributed by atoms with Gasteiger partial charge in [0.25, 0.3) is 0 Å². The molecule has 6 nitrogen and oxygen atoms in total. The molecule has 3 rings (SSSR count). The first-order chi connectivity index (χ1) is 15.5. The van der Waals surface area contributed by atoms with Gasteiger partial charge in [-0.2, -0.15) is 13.2 Å². The number of pyridine rings is 1. The summed E-state index contributed by atoms with van der Waals surface area (Å²) in [5.74, 6) is -1.38. The first kappa shape index (κ1) is 24.1. The van der Waals surface area contributed by atoms with E-state index >= 15 is 0 Å². The highest BCUT2D eigenvalue weighted by molar-refractivity contribution is 6.06. The Hall–Kier alpha value is -3.54. The van der Waals surface area contributed by atoms with E-state index in [-0.39, 0.29) is 40.0 Å². The van der Waals surface area contributed by atoms with Crippen LogP contribution in [0.5, 0.6) is 5.75 Å². The number of nitrogens with one attached hydrogen (secondary N) is 2. The largest absolute Gasteiger partial charge is 0.573 e. The lowest BCUT2D eigenvalue weighted by atomic mass is 10.1. The van der Waals surface area contributed by atoms with Crippen LogP contribution in [0.25, 0.3) is 10.9 Å². The summed E-state index contributed by atoms with van der Waals surface area (Å²) in [6.07, 6.45) is -8.41. The standard InChI is InChI=1S/C21H17F6N3O3/c1-2-32-19(31)15-11-28-17-8-7-13(33-21(25,26)27)9-14(17)18(15)30-16-6-4-3-5-12(16)10-29-20(22,23)24/h3-9,11,29H,2,10H2,1H3,(H,28,30). The number of rotatable bonds is 7. The Balaban J connectivity index is 2.12. The van der Waals surface area contributed by atoms with Gasteiger partial charge in [-0.15, -0.1) is 13.2 Å². The number of ether oxygens (including phenoxy) is 2. The van der Waals surface area contributed by atoms with Gasteiger partial charge in [0.15, 0.2) is 0 Å². The van der Waals surface area contributed by atoms with Crippen molar-refractivity contribution in [2.45, 2.75) is 26.1 Å². The minimum Gasteiger partial charge on any atom is -0.462 e. The number of nitrogens with zero attached hydrogens (tertiary/aromatic N) is 1. The third-order valence-electron chi connectivity index (χ3n) is 4.32. The minimum absolute atomic E-state index is 0.00512. The van der Waals surface area contributed by atoms with Gasteiger partial charge in [0.1, 0.15) is 11.3 Å². The summed E-state index contributed by atoms with van der Waals surface area (Å²) in [4.78, 5) is 16.6. The van der Waals surface area contributed by atoms with Crippen molar-refractivity contribution in [3.8, 4) is 5.75 Å². The lowest BCUT2D eigenvalue weighted by molar-refractivity contribution is -0.274.